The van der Waals surface area contributed by atoms with Crippen molar-refractivity contribution in [2.45, 2.75) is 39.8 Å². The van der Waals surface area contributed by atoms with Gasteiger partial charge >= 0.3 is 7.60 Å². The summed E-state index contributed by atoms with van der Waals surface area (Å²) in [4.78, 5) is 0. The van der Waals surface area contributed by atoms with Crippen molar-refractivity contribution in [3.8, 4) is 0 Å². The Morgan fingerprint density at radius 1 is 1.07 bits per heavy atom. The van der Waals surface area contributed by atoms with Gasteiger partial charge in [0.05, 0.1) is 5.66 Å². The quantitative estimate of drug-likeness (QED) is 0.645. The zero-order valence-corrected chi connectivity index (χ0v) is 11.0. The van der Waals surface area contributed by atoms with Gasteiger partial charge in [-0.05, 0) is 18.3 Å². The van der Waals surface area contributed by atoms with Crippen LogP contribution in [0.2, 0.25) is 0 Å². The molecule has 0 aromatic rings. The summed E-state index contributed by atoms with van der Waals surface area (Å²) in [7, 11) is 0.0153. The highest BCUT2D eigenvalue weighted by Crippen LogP contribution is 2.56. The van der Waals surface area contributed by atoms with Crippen LogP contribution < -0.4 is 0 Å². The summed E-state index contributed by atoms with van der Waals surface area (Å²) in [5.41, 5.74) is -0.00231. The normalized spacial score (nSPS) is 15.1. The van der Waals surface area contributed by atoms with Crippen LogP contribution in [0.15, 0.2) is 0 Å². The van der Waals surface area contributed by atoms with Crippen molar-refractivity contribution in [3.63, 3.8) is 0 Å². The summed E-state index contributed by atoms with van der Waals surface area (Å²) in [5.74, 6) is 0.809. The van der Waals surface area contributed by atoms with Crippen LogP contribution in [-0.2, 0) is 13.6 Å². The van der Waals surface area contributed by atoms with Gasteiger partial charge in [-0.3, -0.25) is 4.57 Å². The van der Waals surface area contributed by atoms with Gasteiger partial charge in [0.1, 0.15) is 0 Å². The smallest absolute Gasteiger partial charge is 0.312 e. The average Bonchev–Trinajstić information content (AvgIpc) is 2.12. The summed E-state index contributed by atoms with van der Waals surface area (Å²) < 4.78 is 22.3. The number of hydrogen-bond donors (Lipinski definition) is 0. The van der Waals surface area contributed by atoms with Crippen molar-refractivity contribution >= 4 is 7.60 Å². The van der Waals surface area contributed by atoms with Gasteiger partial charge in [0.25, 0.3) is 0 Å². The zero-order valence-electron chi connectivity index (χ0n) is 10.1. The van der Waals surface area contributed by atoms with Crippen LogP contribution in [0.1, 0.15) is 34.1 Å². The van der Waals surface area contributed by atoms with Gasteiger partial charge in [-0.15, -0.1) is 0 Å². The molecule has 0 aliphatic rings. The molecule has 0 saturated heterocycles. The standard InChI is InChI=1S/C10H23O3P/c1-8(2)7-10(9(3)4)14(11,12-5)13-6/h8-10H,7H2,1-6H3. The molecule has 0 aliphatic carbocycles. The van der Waals surface area contributed by atoms with E-state index in [1.807, 2.05) is 0 Å². The van der Waals surface area contributed by atoms with Crippen molar-refractivity contribution in [2.75, 3.05) is 14.2 Å². The second kappa shape index (κ2) is 5.89. The molecule has 0 saturated carbocycles. The predicted molar refractivity (Wildman–Crippen MR) is 59.7 cm³/mol. The first kappa shape index (κ1) is 14.2. The molecule has 86 valence electrons. The van der Waals surface area contributed by atoms with Crippen molar-refractivity contribution in [1.82, 2.24) is 0 Å². The van der Waals surface area contributed by atoms with E-state index in [0.29, 0.717) is 11.8 Å². The van der Waals surface area contributed by atoms with Gasteiger partial charge in [-0.2, -0.15) is 0 Å². The van der Waals surface area contributed by atoms with Crippen molar-refractivity contribution < 1.29 is 13.6 Å². The fourth-order valence-corrected chi connectivity index (χ4v) is 3.70. The Balaban J connectivity index is 4.71. The topological polar surface area (TPSA) is 35.5 Å². The van der Waals surface area contributed by atoms with E-state index in [1.165, 1.54) is 14.2 Å². The molecule has 0 aliphatic heterocycles. The molecule has 3 nitrogen and oxygen atoms in total. The lowest BCUT2D eigenvalue weighted by Crippen LogP contribution is -2.20. The average molecular weight is 222 g/mol. The second-order valence-electron chi connectivity index (χ2n) is 4.35. The van der Waals surface area contributed by atoms with Gasteiger partial charge in [0.15, 0.2) is 0 Å². The first-order valence-corrected chi connectivity index (χ1v) is 6.69. The minimum Gasteiger partial charge on any atom is -0.312 e. The van der Waals surface area contributed by atoms with Crippen LogP contribution in [0.5, 0.6) is 0 Å². The molecule has 0 radical (unpaired) electrons. The van der Waals surface area contributed by atoms with E-state index in [2.05, 4.69) is 27.7 Å². The Kier molecular flexibility index (Phi) is 5.96. The summed E-state index contributed by atoms with van der Waals surface area (Å²) in [5, 5.41) is 0. The monoisotopic (exact) mass is 222 g/mol. The van der Waals surface area contributed by atoms with Crippen LogP contribution in [0.3, 0.4) is 0 Å². The summed E-state index contributed by atoms with van der Waals surface area (Å²) in [6.07, 6.45) is 0.872. The summed E-state index contributed by atoms with van der Waals surface area (Å²) in [6, 6.07) is 0. The number of hydrogen-bond acceptors (Lipinski definition) is 3. The highest BCUT2D eigenvalue weighted by Gasteiger charge is 2.36. The van der Waals surface area contributed by atoms with Crippen molar-refractivity contribution in [1.29, 1.82) is 0 Å². The lowest BCUT2D eigenvalue weighted by molar-refractivity contribution is 0.249. The van der Waals surface area contributed by atoms with Crippen LogP contribution in [0.4, 0.5) is 0 Å². The van der Waals surface area contributed by atoms with Gasteiger partial charge < -0.3 is 9.05 Å². The van der Waals surface area contributed by atoms with E-state index in [-0.39, 0.29) is 5.66 Å². The molecule has 1 unspecified atom stereocenters. The Labute approximate surface area is 87.7 Å². The van der Waals surface area contributed by atoms with Gasteiger partial charge in [0.2, 0.25) is 0 Å². The third-order valence-corrected chi connectivity index (χ3v) is 5.03. The van der Waals surface area contributed by atoms with Crippen molar-refractivity contribution in [3.05, 3.63) is 0 Å². The minimum absolute atomic E-state index is 0.00231. The lowest BCUT2D eigenvalue weighted by atomic mass is 10.0. The van der Waals surface area contributed by atoms with Crippen LogP contribution in [0.25, 0.3) is 0 Å². The fourth-order valence-electron chi connectivity index (χ4n) is 1.59. The maximum atomic E-state index is 12.2. The SMILES string of the molecule is COP(=O)(OC)C(CC(C)C)C(C)C. The molecular weight excluding hydrogens is 199 g/mol. The largest absolute Gasteiger partial charge is 0.333 e. The third kappa shape index (κ3) is 3.72. The zero-order chi connectivity index (χ0) is 11.4. The molecule has 14 heavy (non-hydrogen) atoms. The van der Waals surface area contributed by atoms with E-state index < -0.39 is 7.60 Å². The molecule has 0 heterocycles. The molecule has 0 aromatic heterocycles. The molecule has 0 bridgehead atoms. The number of rotatable bonds is 6. The molecule has 0 N–H and O–H groups in total. The molecule has 0 amide bonds. The van der Waals surface area contributed by atoms with Crippen LogP contribution in [0, 0.1) is 11.8 Å². The Bertz CT molecular complexity index is 194. The maximum absolute atomic E-state index is 12.2. The first-order valence-electron chi connectivity index (χ1n) is 5.08. The minimum atomic E-state index is -2.90. The molecule has 0 rings (SSSR count). The molecule has 0 fully saturated rings. The molecule has 0 aromatic carbocycles. The summed E-state index contributed by atoms with van der Waals surface area (Å²) in [6.45, 7) is 8.34. The maximum Gasteiger partial charge on any atom is 0.333 e. The Morgan fingerprint density at radius 3 is 1.71 bits per heavy atom. The third-order valence-electron chi connectivity index (χ3n) is 2.40. The van der Waals surface area contributed by atoms with Gasteiger partial charge in [-0.1, -0.05) is 27.7 Å². The lowest BCUT2D eigenvalue weighted by Gasteiger charge is -2.28. The van der Waals surface area contributed by atoms with E-state index in [0.717, 1.165) is 6.42 Å². The highest BCUT2D eigenvalue weighted by atomic mass is 31.2. The van der Waals surface area contributed by atoms with Crippen LogP contribution in [-0.4, -0.2) is 19.9 Å². The second-order valence-corrected chi connectivity index (χ2v) is 6.82. The molecule has 4 heteroatoms. The van der Waals surface area contributed by atoms with E-state index in [4.69, 9.17) is 9.05 Å². The molecular formula is C10H23O3P. The Morgan fingerprint density at radius 2 is 1.50 bits per heavy atom. The van der Waals surface area contributed by atoms with E-state index >= 15 is 0 Å². The predicted octanol–water partition coefficient (Wildman–Crippen LogP) is 3.54. The molecule has 1 atom stereocenters. The van der Waals surface area contributed by atoms with E-state index in [1.54, 1.807) is 0 Å². The first-order chi connectivity index (χ1) is 6.37. The summed E-state index contributed by atoms with van der Waals surface area (Å²) >= 11 is 0. The highest BCUT2D eigenvalue weighted by molar-refractivity contribution is 7.54. The Hall–Kier alpha value is 0.150. The van der Waals surface area contributed by atoms with Crippen LogP contribution >= 0.6 is 7.60 Å². The van der Waals surface area contributed by atoms with Gasteiger partial charge in [0, 0.05) is 14.2 Å². The van der Waals surface area contributed by atoms with Crippen molar-refractivity contribution in [2.24, 2.45) is 11.8 Å². The van der Waals surface area contributed by atoms with E-state index in [9.17, 15) is 4.57 Å². The van der Waals surface area contributed by atoms with Gasteiger partial charge in [-0.25, -0.2) is 0 Å². The molecule has 0 spiro atoms. The fraction of sp³-hybridized carbons (Fsp3) is 1.00.